The molecule has 0 aliphatic heterocycles. The van der Waals surface area contributed by atoms with Crippen LogP contribution in [0.4, 0.5) is 8.78 Å². The molecule has 4 rings (SSSR count). The van der Waals surface area contributed by atoms with E-state index >= 15 is 0 Å². The third-order valence-corrected chi connectivity index (χ3v) is 7.88. The van der Waals surface area contributed by atoms with Crippen LogP contribution >= 0.6 is 0 Å². The molecule has 0 N–H and O–H groups in total. The Hall–Kier alpha value is -1.78. The summed E-state index contributed by atoms with van der Waals surface area (Å²) in [6.07, 6.45) is 7.24. The van der Waals surface area contributed by atoms with E-state index < -0.39 is 17.0 Å². The highest BCUT2D eigenvalue weighted by Crippen LogP contribution is 2.66. The summed E-state index contributed by atoms with van der Waals surface area (Å²) >= 11 is 0. The lowest BCUT2D eigenvalue weighted by Crippen LogP contribution is -2.51. The van der Waals surface area contributed by atoms with Crippen molar-refractivity contribution in [1.82, 2.24) is 0 Å². The number of ketones is 1. The number of carbonyl (C=O) groups excluding carboxylic acids is 2. The molecule has 6 atom stereocenters. The molecule has 0 aromatic heterocycles. The fraction of sp³-hybridized carbons (Fsp3) is 0.636. The maximum absolute atomic E-state index is 14.2. The van der Waals surface area contributed by atoms with Crippen LogP contribution in [0.2, 0.25) is 0 Å². The number of hydrogen-bond donors (Lipinski definition) is 0. The van der Waals surface area contributed by atoms with E-state index in [1.807, 2.05) is 6.92 Å². The summed E-state index contributed by atoms with van der Waals surface area (Å²) in [5, 5.41) is 0. The fourth-order valence-corrected chi connectivity index (χ4v) is 6.64. The topological polar surface area (TPSA) is 43.4 Å². The molecule has 4 aliphatic rings. The Bertz CT molecular complexity index is 795. The monoisotopic (exact) mass is 376 g/mol. The predicted octanol–water partition coefficient (Wildman–Crippen LogP) is 4.99. The molecule has 3 nitrogen and oxygen atoms in total. The molecule has 3 saturated carbocycles. The Morgan fingerprint density at radius 3 is 2.67 bits per heavy atom. The van der Waals surface area contributed by atoms with Crippen LogP contribution in [0.15, 0.2) is 35.5 Å². The largest absolute Gasteiger partial charge is 0.462 e. The Morgan fingerprint density at radius 1 is 1.26 bits per heavy atom. The SMILES string of the molecule is CC(=O)O[C@H]1CC[C@H]2[C@@H]3C/C(=C\F)C4=CC(=O)C(F)=C[C@]4(C)[C@H]3CC[C@]12C. The molecule has 5 heteroatoms. The standard InChI is InChI=1S/C22H26F2O3/c1-12(25)27-20-5-4-15-14-8-13(11-23)17-9-19(26)18(24)10-22(17,3)16(14)6-7-21(15,20)2/h9-11,14-16,20H,4-8H2,1-3H3/b13-11+/t14-,15-,16-,20-,21-,22+/m0/s1. The summed E-state index contributed by atoms with van der Waals surface area (Å²) in [4.78, 5) is 23.4. The van der Waals surface area contributed by atoms with Crippen molar-refractivity contribution in [3.8, 4) is 0 Å². The summed E-state index contributed by atoms with van der Waals surface area (Å²) in [5.74, 6) is -1.03. The Morgan fingerprint density at radius 2 is 2.00 bits per heavy atom. The third-order valence-electron chi connectivity index (χ3n) is 7.88. The minimum atomic E-state index is -0.738. The van der Waals surface area contributed by atoms with E-state index in [1.54, 1.807) is 0 Å². The van der Waals surface area contributed by atoms with E-state index in [0.29, 0.717) is 29.8 Å². The van der Waals surface area contributed by atoms with Gasteiger partial charge in [0.15, 0.2) is 5.83 Å². The van der Waals surface area contributed by atoms with E-state index in [0.717, 1.165) is 25.7 Å². The number of ether oxygens (including phenoxy) is 1. The molecule has 0 aromatic carbocycles. The van der Waals surface area contributed by atoms with Gasteiger partial charge in [0.2, 0.25) is 5.78 Å². The summed E-state index contributed by atoms with van der Waals surface area (Å²) < 4.78 is 33.6. The van der Waals surface area contributed by atoms with Crippen LogP contribution in [-0.2, 0) is 14.3 Å². The highest BCUT2D eigenvalue weighted by atomic mass is 19.1. The molecule has 0 unspecified atom stereocenters. The van der Waals surface area contributed by atoms with Gasteiger partial charge in [-0.25, -0.2) is 8.78 Å². The molecule has 0 aromatic rings. The van der Waals surface area contributed by atoms with Crippen molar-refractivity contribution in [2.75, 3.05) is 0 Å². The number of rotatable bonds is 1. The maximum atomic E-state index is 14.2. The van der Waals surface area contributed by atoms with Gasteiger partial charge >= 0.3 is 5.97 Å². The van der Waals surface area contributed by atoms with Gasteiger partial charge in [0.25, 0.3) is 0 Å². The van der Waals surface area contributed by atoms with Gasteiger partial charge in [-0.2, -0.15) is 0 Å². The molecule has 27 heavy (non-hydrogen) atoms. The Labute approximate surface area is 158 Å². The molecule has 0 radical (unpaired) electrons. The smallest absolute Gasteiger partial charge is 0.302 e. The highest BCUT2D eigenvalue weighted by molar-refractivity contribution is 6.04. The van der Waals surface area contributed by atoms with Gasteiger partial charge in [0.1, 0.15) is 6.10 Å². The fourth-order valence-electron chi connectivity index (χ4n) is 6.64. The van der Waals surface area contributed by atoms with Crippen LogP contribution < -0.4 is 0 Å². The molecule has 0 amide bonds. The molecule has 3 fully saturated rings. The second-order valence-corrected chi connectivity index (χ2v) is 9.13. The van der Waals surface area contributed by atoms with Crippen LogP contribution in [0.5, 0.6) is 0 Å². The third kappa shape index (κ3) is 2.57. The molecule has 0 spiro atoms. The minimum absolute atomic E-state index is 0.108. The van der Waals surface area contributed by atoms with E-state index in [-0.39, 0.29) is 29.3 Å². The van der Waals surface area contributed by atoms with E-state index in [2.05, 4.69) is 6.92 Å². The van der Waals surface area contributed by atoms with Crippen LogP contribution in [0, 0.1) is 28.6 Å². The number of fused-ring (bicyclic) bond motifs is 5. The van der Waals surface area contributed by atoms with Crippen molar-refractivity contribution in [3.05, 3.63) is 35.5 Å². The van der Waals surface area contributed by atoms with Crippen LogP contribution in [0.25, 0.3) is 0 Å². The van der Waals surface area contributed by atoms with Crippen molar-refractivity contribution in [2.24, 2.45) is 28.6 Å². The van der Waals surface area contributed by atoms with Crippen molar-refractivity contribution in [1.29, 1.82) is 0 Å². The van der Waals surface area contributed by atoms with E-state index in [4.69, 9.17) is 4.74 Å². The van der Waals surface area contributed by atoms with Crippen molar-refractivity contribution in [3.63, 3.8) is 0 Å². The average molecular weight is 376 g/mol. The van der Waals surface area contributed by atoms with Crippen molar-refractivity contribution in [2.45, 2.75) is 59.0 Å². The first kappa shape index (κ1) is 18.6. The normalized spacial score (nSPS) is 44.8. The van der Waals surface area contributed by atoms with Gasteiger partial charge in [-0.3, -0.25) is 9.59 Å². The average Bonchev–Trinajstić information content (AvgIpc) is 2.92. The lowest BCUT2D eigenvalue weighted by Gasteiger charge is -2.57. The van der Waals surface area contributed by atoms with Gasteiger partial charge in [-0.15, -0.1) is 0 Å². The van der Waals surface area contributed by atoms with Crippen molar-refractivity contribution < 1.29 is 23.1 Å². The highest BCUT2D eigenvalue weighted by Gasteiger charge is 2.60. The van der Waals surface area contributed by atoms with Crippen LogP contribution in [0.3, 0.4) is 0 Å². The molecule has 0 saturated heterocycles. The number of halogens is 2. The van der Waals surface area contributed by atoms with Gasteiger partial charge < -0.3 is 4.74 Å². The lowest BCUT2D eigenvalue weighted by molar-refractivity contribution is -0.156. The molecule has 0 heterocycles. The first-order chi connectivity index (χ1) is 12.7. The van der Waals surface area contributed by atoms with Crippen LogP contribution in [-0.4, -0.2) is 17.9 Å². The van der Waals surface area contributed by atoms with Gasteiger partial charge in [-0.1, -0.05) is 13.8 Å². The van der Waals surface area contributed by atoms with Gasteiger partial charge in [0, 0.05) is 17.8 Å². The van der Waals surface area contributed by atoms with Gasteiger partial charge in [-0.05, 0) is 73.2 Å². The molecule has 0 bridgehead atoms. The first-order valence-electron chi connectivity index (χ1n) is 9.82. The van der Waals surface area contributed by atoms with E-state index in [9.17, 15) is 18.4 Å². The second kappa shape index (κ2) is 6.11. The van der Waals surface area contributed by atoms with Gasteiger partial charge in [0.05, 0.1) is 6.33 Å². The molecular formula is C22H26F2O3. The molecule has 4 aliphatic carbocycles. The number of allylic oxidation sites excluding steroid dienone is 5. The zero-order valence-corrected chi connectivity index (χ0v) is 16.1. The van der Waals surface area contributed by atoms with E-state index in [1.165, 1.54) is 19.1 Å². The zero-order valence-electron chi connectivity index (χ0n) is 16.1. The van der Waals surface area contributed by atoms with Crippen LogP contribution in [0.1, 0.15) is 52.9 Å². The minimum Gasteiger partial charge on any atom is -0.462 e. The quantitative estimate of drug-likeness (QED) is 0.606. The lowest BCUT2D eigenvalue weighted by atomic mass is 9.47. The Kier molecular flexibility index (Phi) is 4.21. The second-order valence-electron chi connectivity index (χ2n) is 9.13. The summed E-state index contributed by atoms with van der Waals surface area (Å²) in [6, 6.07) is 0. The van der Waals surface area contributed by atoms with Crippen molar-refractivity contribution >= 4 is 11.8 Å². The number of carbonyl (C=O) groups is 2. The number of esters is 1. The Balaban J connectivity index is 1.73. The zero-order chi connectivity index (χ0) is 19.6. The summed E-state index contributed by atoms with van der Waals surface area (Å²) in [7, 11) is 0. The predicted molar refractivity (Wildman–Crippen MR) is 96.8 cm³/mol. The molecule has 146 valence electrons. The first-order valence-corrected chi connectivity index (χ1v) is 9.82. The summed E-state index contributed by atoms with van der Waals surface area (Å²) in [6.45, 7) is 5.56. The maximum Gasteiger partial charge on any atom is 0.302 e. The molecular weight excluding hydrogens is 350 g/mol. The number of hydrogen-bond acceptors (Lipinski definition) is 3. The summed E-state index contributed by atoms with van der Waals surface area (Å²) in [5.41, 5.74) is 0.352.